The van der Waals surface area contributed by atoms with Gasteiger partial charge < -0.3 is 0 Å². The molecule has 0 aliphatic heterocycles. The van der Waals surface area contributed by atoms with Crippen molar-refractivity contribution in [3.05, 3.63) is 29.8 Å². The maximum absolute atomic E-state index is 2.80. The van der Waals surface area contributed by atoms with Gasteiger partial charge in [-0.1, -0.05) is 44.0 Å². The molecule has 0 aliphatic rings. The predicted molar refractivity (Wildman–Crippen MR) is 69.3 cm³/mol. The Labute approximate surface area is 94.1 Å². The van der Waals surface area contributed by atoms with Gasteiger partial charge in [0.25, 0.3) is 0 Å². The second-order valence-electron chi connectivity index (χ2n) is 3.16. The molecule has 0 heterocycles. The number of rotatable bonds is 4. The Morgan fingerprint density at radius 2 is 1.85 bits per heavy atom. The van der Waals surface area contributed by atoms with Crippen LogP contribution in [0.15, 0.2) is 24.3 Å². The Morgan fingerprint density at radius 3 is 2.46 bits per heavy atom. The van der Waals surface area contributed by atoms with Crippen molar-refractivity contribution in [1.29, 1.82) is 0 Å². The lowest BCUT2D eigenvalue weighted by Crippen LogP contribution is -2.00. The minimum atomic E-state index is 0. The highest BCUT2D eigenvalue weighted by Crippen LogP contribution is 2.06. The highest BCUT2D eigenvalue weighted by Gasteiger charge is 1.95. The van der Waals surface area contributed by atoms with Gasteiger partial charge in [0.05, 0.1) is 0 Å². The molecule has 0 fully saturated rings. The van der Waals surface area contributed by atoms with Crippen LogP contribution in [0, 0.1) is 0 Å². The molecule has 13 heavy (non-hydrogen) atoms. The second-order valence-corrected chi connectivity index (χ2v) is 3.78. The van der Waals surface area contributed by atoms with Gasteiger partial charge in [0, 0.05) is 0 Å². The zero-order valence-corrected chi connectivity index (χ0v) is 11.0. The van der Waals surface area contributed by atoms with E-state index >= 15 is 0 Å². The van der Waals surface area contributed by atoms with E-state index in [4.69, 9.17) is 0 Å². The molecular weight excluding hydrogens is 243 g/mol. The first-order valence-corrected chi connectivity index (χ1v) is 5.25. The van der Waals surface area contributed by atoms with Gasteiger partial charge in [-0.2, -0.15) is 0 Å². The Morgan fingerprint density at radius 1 is 1.15 bits per heavy atom. The monoisotopic (exact) mass is 260 g/mol. The fourth-order valence-electron chi connectivity index (χ4n) is 1.33. The van der Waals surface area contributed by atoms with Gasteiger partial charge in [0.1, 0.15) is 0 Å². The first-order valence-electron chi connectivity index (χ1n) is 4.68. The maximum Gasteiger partial charge on any atom is -0.0271 e. The molecule has 1 atom stereocenters. The molecule has 0 saturated carbocycles. The summed E-state index contributed by atoms with van der Waals surface area (Å²) in [6.45, 7) is 2.24. The number of hydrogen-bond donors (Lipinski definition) is 0. The van der Waals surface area contributed by atoms with E-state index in [1.807, 2.05) is 0 Å². The molecule has 0 amide bonds. The topological polar surface area (TPSA) is 0 Å². The van der Waals surface area contributed by atoms with Crippen LogP contribution in [-0.2, 0) is 6.42 Å². The zero-order valence-electron chi connectivity index (χ0n) is 8.12. The lowest BCUT2D eigenvalue weighted by molar-refractivity contribution is 0.719. The fraction of sp³-hybridized carbons (Fsp3) is 0.455. The largest absolute Gasteiger partial charge is 0.114 e. The summed E-state index contributed by atoms with van der Waals surface area (Å²) in [7, 11) is 2.80. The van der Waals surface area contributed by atoms with E-state index in [1.54, 1.807) is 0 Å². The zero-order chi connectivity index (χ0) is 8.81. The number of hydrogen-bond acceptors (Lipinski definition) is 0. The van der Waals surface area contributed by atoms with Gasteiger partial charge in [-0.05, 0) is 23.7 Å². The maximum atomic E-state index is 2.80. The van der Waals surface area contributed by atoms with Crippen molar-refractivity contribution >= 4 is 31.5 Å². The lowest BCUT2D eigenvalue weighted by atomic mass is 10.1. The van der Waals surface area contributed by atoms with E-state index in [0.717, 1.165) is 0 Å². The molecule has 1 aromatic rings. The molecule has 0 aromatic heterocycles. The van der Waals surface area contributed by atoms with E-state index in [1.165, 1.54) is 36.6 Å². The van der Waals surface area contributed by atoms with Gasteiger partial charge in [-0.3, -0.25) is 0 Å². The summed E-state index contributed by atoms with van der Waals surface area (Å²) in [5, 5.41) is 1.36. The molecule has 0 saturated heterocycles. The van der Waals surface area contributed by atoms with E-state index in [-0.39, 0.29) is 17.0 Å². The summed E-state index contributed by atoms with van der Waals surface area (Å²) in [5.41, 5.74) is 1.48. The third-order valence-electron chi connectivity index (χ3n) is 2.10. The first-order chi connectivity index (χ1) is 5.84. The van der Waals surface area contributed by atoms with Crippen LogP contribution in [-0.4, -0.2) is 0 Å². The van der Waals surface area contributed by atoms with Crippen LogP contribution in [0.5, 0.6) is 0 Å². The summed E-state index contributed by atoms with van der Waals surface area (Å²) in [6, 6.07) is 8.59. The van der Waals surface area contributed by atoms with Crippen molar-refractivity contribution in [2.24, 2.45) is 0 Å². The van der Waals surface area contributed by atoms with Crippen LogP contribution in [0.3, 0.4) is 0 Å². The molecule has 0 bridgehead atoms. The number of aryl methyl sites for hydroxylation is 1. The van der Waals surface area contributed by atoms with Crippen LogP contribution < -0.4 is 5.30 Å². The summed E-state index contributed by atoms with van der Waals surface area (Å²) >= 11 is 0. The minimum Gasteiger partial charge on any atom is -0.114 e. The Bertz CT molecular complexity index is 235. The molecule has 2 heteroatoms. The van der Waals surface area contributed by atoms with Crippen LogP contribution in [0.2, 0.25) is 0 Å². The lowest BCUT2D eigenvalue weighted by Gasteiger charge is -2.03. The van der Waals surface area contributed by atoms with E-state index in [2.05, 4.69) is 40.4 Å². The van der Waals surface area contributed by atoms with Crippen molar-refractivity contribution in [2.45, 2.75) is 32.6 Å². The van der Waals surface area contributed by atoms with Gasteiger partial charge in [0.15, 0.2) is 0 Å². The third kappa shape index (κ3) is 4.78. The van der Waals surface area contributed by atoms with Crippen LogP contribution in [0.4, 0.5) is 0 Å². The Hall–Kier alpha value is 0.130. The van der Waals surface area contributed by atoms with E-state index in [0.29, 0.717) is 0 Å². The molecular formula is C11H18BrP. The van der Waals surface area contributed by atoms with Crippen molar-refractivity contribution < 1.29 is 0 Å². The van der Waals surface area contributed by atoms with E-state index in [9.17, 15) is 0 Å². The molecule has 0 N–H and O–H groups in total. The van der Waals surface area contributed by atoms with Crippen LogP contribution >= 0.6 is 26.2 Å². The van der Waals surface area contributed by atoms with Crippen molar-refractivity contribution in [3.8, 4) is 0 Å². The standard InChI is InChI=1S/C11H17P.BrH/c1-2-3-4-7-10-8-5-6-9-11(10)12;/h5-6,8-9H,2-4,7,12H2,1H3;1H. The molecule has 74 valence electrons. The quantitative estimate of drug-likeness (QED) is 0.575. The minimum absolute atomic E-state index is 0. The fourth-order valence-corrected chi connectivity index (χ4v) is 1.68. The van der Waals surface area contributed by atoms with Crippen molar-refractivity contribution in [3.63, 3.8) is 0 Å². The SMILES string of the molecule is Br.CCCCCc1ccccc1P. The summed E-state index contributed by atoms with van der Waals surface area (Å²) in [6.07, 6.45) is 5.20. The van der Waals surface area contributed by atoms with Crippen molar-refractivity contribution in [1.82, 2.24) is 0 Å². The van der Waals surface area contributed by atoms with E-state index < -0.39 is 0 Å². The number of halogens is 1. The molecule has 0 aliphatic carbocycles. The summed E-state index contributed by atoms with van der Waals surface area (Å²) < 4.78 is 0. The highest BCUT2D eigenvalue weighted by molar-refractivity contribution is 8.93. The normalized spacial score (nSPS) is 9.38. The third-order valence-corrected chi connectivity index (χ3v) is 2.67. The number of benzene rings is 1. The molecule has 1 unspecified atom stereocenters. The number of unbranched alkanes of at least 4 members (excludes halogenated alkanes) is 2. The average molecular weight is 261 g/mol. The van der Waals surface area contributed by atoms with Gasteiger partial charge in [-0.15, -0.1) is 26.2 Å². The smallest absolute Gasteiger partial charge is 0.0271 e. The Balaban J connectivity index is 0.00000144. The average Bonchev–Trinajstić information content (AvgIpc) is 2.09. The molecule has 0 spiro atoms. The summed E-state index contributed by atoms with van der Waals surface area (Å²) in [4.78, 5) is 0. The van der Waals surface area contributed by atoms with Gasteiger partial charge >= 0.3 is 0 Å². The Kier molecular flexibility index (Phi) is 7.60. The molecule has 1 aromatic carbocycles. The molecule has 1 rings (SSSR count). The van der Waals surface area contributed by atoms with Crippen LogP contribution in [0.1, 0.15) is 31.7 Å². The first kappa shape index (κ1) is 13.1. The van der Waals surface area contributed by atoms with Crippen molar-refractivity contribution in [2.75, 3.05) is 0 Å². The second kappa shape index (κ2) is 7.53. The predicted octanol–water partition coefficient (Wildman–Crippen LogP) is 3.50. The summed E-state index contributed by atoms with van der Waals surface area (Å²) in [5.74, 6) is 0. The van der Waals surface area contributed by atoms with Crippen LogP contribution in [0.25, 0.3) is 0 Å². The molecule has 0 radical (unpaired) electrons. The van der Waals surface area contributed by atoms with Gasteiger partial charge in [0.2, 0.25) is 0 Å². The highest BCUT2D eigenvalue weighted by atomic mass is 79.9. The molecule has 0 nitrogen and oxygen atoms in total. The van der Waals surface area contributed by atoms with Gasteiger partial charge in [-0.25, -0.2) is 0 Å².